The normalized spacial score (nSPS) is 23.6. The molecule has 2 heteroatoms. The zero-order chi connectivity index (χ0) is 12.3. The lowest BCUT2D eigenvalue weighted by Gasteiger charge is -2.32. The molecule has 1 aromatic carbocycles. The van der Waals surface area contributed by atoms with Crippen molar-refractivity contribution in [3.8, 4) is 0 Å². The van der Waals surface area contributed by atoms with Gasteiger partial charge in [-0.3, -0.25) is 0 Å². The molecule has 2 nitrogen and oxygen atoms in total. The first-order valence-electron chi connectivity index (χ1n) is 6.66. The third-order valence-electron chi connectivity index (χ3n) is 3.69. The molecule has 1 N–H and O–H groups in total. The molecule has 1 aliphatic heterocycles. The van der Waals surface area contributed by atoms with Crippen LogP contribution in [0.5, 0.6) is 0 Å². The van der Waals surface area contributed by atoms with Gasteiger partial charge in [0.15, 0.2) is 0 Å². The second-order valence-electron chi connectivity index (χ2n) is 5.40. The average Bonchev–Trinajstić information content (AvgIpc) is 2.29. The van der Waals surface area contributed by atoms with E-state index in [1.807, 2.05) is 0 Å². The quantitative estimate of drug-likeness (QED) is 0.862. The first-order valence-corrected chi connectivity index (χ1v) is 6.66. The summed E-state index contributed by atoms with van der Waals surface area (Å²) in [4.78, 5) is 2.42. The van der Waals surface area contributed by atoms with Crippen LogP contribution in [0.15, 0.2) is 24.3 Å². The number of hydrogen-bond donors (Lipinski definition) is 1. The van der Waals surface area contributed by atoms with Crippen molar-refractivity contribution in [1.29, 1.82) is 0 Å². The Morgan fingerprint density at radius 2 is 2.00 bits per heavy atom. The minimum atomic E-state index is 0.451. The van der Waals surface area contributed by atoms with E-state index in [4.69, 9.17) is 0 Å². The highest BCUT2D eigenvalue weighted by atomic mass is 15.1. The number of likely N-dealkylation sites (N-methyl/N-ethyl adjacent to an activating group) is 1. The molecular weight excluding hydrogens is 208 g/mol. The van der Waals surface area contributed by atoms with E-state index < -0.39 is 0 Å². The molecule has 1 saturated heterocycles. The zero-order valence-corrected chi connectivity index (χ0v) is 11.2. The summed E-state index contributed by atoms with van der Waals surface area (Å²) in [6, 6.07) is 9.96. The van der Waals surface area contributed by atoms with Crippen molar-refractivity contribution in [2.24, 2.45) is 0 Å². The SMILES string of the molecule is Cc1ccc([C@H](C)NC2CCCN(C)C2)cc1. The van der Waals surface area contributed by atoms with Crippen LogP contribution in [0, 0.1) is 6.92 Å². The van der Waals surface area contributed by atoms with Crippen molar-refractivity contribution in [3.63, 3.8) is 0 Å². The van der Waals surface area contributed by atoms with Crippen LogP contribution >= 0.6 is 0 Å². The summed E-state index contributed by atoms with van der Waals surface area (Å²) in [7, 11) is 2.21. The van der Waals surface area contributed by atoms with Gasteiger partial charge in [-0.1, -0.05) is 29.8 Å². The third-order valence-corrected chi connectivity index (χ3v) is 3.69. The third kappa shape index (κ3) is 3.55. The van der Waals surface area contributed by atoms with Crippen LogP contribution in [0.4, 0.5) is 0 Å². The Kier molecular flexibility index (Phi) is 4.19. The van der Waals surface area contributed by atoms with Crippen molar-refractivity contribution in [2.75, 3.05) is 20.1 Å². The fourth-order valence-corrected chi connectivity index (χ4v) is 2.61. The van der Waals surface area contributed by atoms with Crippen molar-refractivity contribution in [2.45, 2.75) is 38.8 Å². The van der Waals surface area contributed by atoms with Crippen molar-refractivity contribution >= 4 is 0 Å². The number of nitrogens with zero attached hydrogens (tertiary/aromatic N) is 1. The molecule has 0 radical (unpaired) electrons. The molecule has 0 amide bonds. The Balaban J connectivity index is 1.91. The first-order chi connectivity index (χ1) is 8.15. The lowest BCUT2D eigenvalue weighted by Crippen LogP contribution is -2.44. The summed E-state index contributed by atoms with van der Waals surface area (Å²) in [5.41, 5.74) is 2.72. The molecule has 0 bridgehead atoms. The summed E-state index contributed by atoms with van der Waals surface area (Å²) in [5.74, 6) is 0. The van der Waals surface area contributed by atoms with Crippen LogP contribution in [0.2, 0.25) is 0 Å². The second kappa shape index (κ2) is 5.65. The van der Waals surface area contributed by atoms with Crippen LogP contribution in [0.1, 0.15) is 36.9 Å². The highest BCUT2D eigenvalue weighted by Crippen LogP contribution is 2.16. The average molecular weight is 232 g/mol. The highest BCUT2D eigenvalue weighted by Gasteiger charge is 2.18. The molecule has 1 aromatic rings. The van der Waals surface area contributed by atoms with E-state index >= 15 is 0 Å². The molecule has 0 aromatic heterocycles. The van der Waals surface area contributed by atoms with Gasteiger partial charge in [-0.05, 0) is 45.8 Å². The van der Waals surface area contributed by atoms with Gasteiger partial charge in [0.1, 0.15) is 0 Å². The summed E-state index contributed by atoms with van der Waals surface area (Å²) >= 11 is 0. The molecule has 1 fully saturated rings. The van der Waals surface area contributed by atoms with E-state index in [1.165, 1.54) is 37.1 Å². The second-order valence-corrected chi connectivity index (χ2v) is 5.40. The Morgan fingerprint density at radius 1 is 1.29 bits per heavy atom. The molecule has 94 valence electrons. The summed E-state index contributed by atoms with van der Waals surface area (Å²) in [6.45, 7) is 6.82. The van der Waals surface area contributed by atoms with E-state index in [2.05, 4.69) is 55.4 Å². The fourth-order valence-electron chi connectivity index (χ4n) is 2.61. The number of likely N-dealkylation sites (tertiary alicyclic amines) is 1. The molecule has 2 atom stereocenters. The maximum absolute atomic E-state index is 3.74. The zero-order valence-electron chi connectivity index (χ0n) is 11.2. The van der Waals surface area contributed by atoms with Gasteiger partial charge in [-0.2, -0.15) is 0 Å². The number of benzene rings is 1. The molecule has 0 saturated carbocycles. The predicted octanol–water partition coefficient (Wildman–Crippen LogP) is 2.74. The molecular formula is C15H24N2. The number of piperidine rings is 1. The van der Waals surface area contributed by atoms with Crippen molar-refractivity contribution in [1.82, 2.24) is 10.2 Å². The lowest BCUT2D eigenvalue weighted by atomic mass is 10.0. The van der Waals surface area contributed by atoms with Gasteiger partial charge in [0.25, 0.3) is 0 Å². The van der Waals surface area contributed by atoms with Gasteiger partial charge in [-0.15, -0.1) is 0 Å². The Labute approximate surface area is 105 Å². The largest absolute Gasteiger partial charge is 0.306 e. The maximum atomic E-state index is 3.74. The predicted molar refractivity (Wildman–Crippen MR) is 73.2 cm³/mol. The van der Waals surface area contributed by atoms with Crippen molar-refractivity contribution < 1.29 is 0 Å². The van der Waals surface area contributed by atoms with E-state index in [-0.39, 0.29) is 0 Å². The topological polar surface area (TPSA) is 15.3 Å². The Morgan fingerprint density at radius 3 is 2.65 bits per heavy atom. The number of rotatable bonds is 3. The summed E-state index contributed by atoms with van der Waals surface area (Å²) in [5, 5.41) is 3.74. The number of hydrogen-bond acceptors (Lipinski definition) is 2. The van der Waals surface area contributed by atoms with Crippen LogP contribution in [-0.2, 0) is 0 Å². The molecule has 17 heavy (non-hydrogen) atoms. The van der Waals surface area contributed by atoms with Gasteiger partial charge in [0, 0.05) is 18.6 Å². The lowest BCUT2D eigenvalue weighted by molar-refractivity contribution is 0.218. The molecule has 0 aliphatic carbocycles. The highest BCUT2D eigenvalue weighted by molar-refractivity contribution is 5.23. The van der Waals surface area contributed by atoms with Gasteiger partial charge in [-0.25, -0.2) is 0 Å². The van der Waals surface area contributed by atoms with Gasteiger partial charge in [0.2, 0.25) is 0 Å². The van der Waals surface area contributed by atoms with Crippen molar-refractivity contribution in [3.05, 3.63) is 35.4 Å². The van der Waals surface area contributed by atoms with Gasteiger partial charge < -0.3 is 10.2 Å². The van der Waals surface area contributed by atoms with Crippen LogP contribution < -0.4 is 5.32 Å². The van der Waals surface area contributed by atoms with Crippen LogP contribution in [0.25, 0.3) is 0 Å². The number of nitrogens with one attached hydrogen (secondary N) is 1. The van der Waals surface area contributed by atoms with Crippen LogP contribution in [-0.4, -0.2) is 31.1 Å². The van der Waals surface area contributed by atoms with Gasteiger partial charge in [0.05, 0.1) is 0 Å². The molecule has 1 heterocycles. The monoisotopic (exact) mass is 232 g/mol. The Bertz CT molecular complexity index is 344. The fraction of sp³-hybridized carbons (Fsp3) is 0.600. The molecule has 1 unspecified atom stereocenters. The Hall–Kier alpha value is -0.860. The summed E-state index contributed by atoms with van der Waals surface area (Å²) in [6.07, 6.45) is 2.62. The molecule has 2 rings (SSSR count). The van der Waals surface area contributed by atoms with E-state index in [0.717, 1.165) is 0 Å². The smallest absolute Gasteiger partial charge is 0.0294 e. The van der Waals surface area contributed by atoms with E-state index in [9.17, 15) is 0 Å². The van der Waals surface area contributed by atoms with E-state index in [0.29, 0.717) is 12.1 Å². The van der Waals surface area contributed by atoms with E-state index in [1.54, 1.807) is 0 Å². The standard InChI is InChI=1S/C15H24N2/c1-12-6-8-14(9-7-12)13(2)16-15-5-4-10-17(3)11-15/h6-9,13,15-16H,4-5,10-11H2,1-3H3/t13-,15?/m0/s1. The molecule has 0 spiro atoms. The minimum Gasteiger partial charge on any atom is -0.306 e. The maximum Gasteiger partial charge on any atom is 0.0294 e. The van der Waals surface area contributed by atoms with Crippen LogP contribution in [0.3, 0.4) is 0 Å². The minimum absolute atomic E-state index is 0.451. The molecule has 1 aliphatic rings. The summed E-state index contributed by atoms with van der Waals surface area (Å²) < 4.78 is 0. The van der Waals surface area contributed by atoms with Gasteiger partial charge >= 0.3 is 0 Å². The first kappa shape index (κ1) is 12.6. The number of aryl methyl sites for hydroxylation is 1.